The number of rotatable bonds is 9. The van der Waals surface area contributed by atoms with E-state index in [-0.39, 0.29) is 36.3 Å². The van der Waals surface area contributed by atoms with Crippen LogP contribution in [0.2, 0.25) is 0 Å². The van der Waals surface area contributed by atoms with E-state index in [4.69, 9.17) is 4.74 Å². The van der Waals surface area contributed by atoms with Crippen molar-refractivity contribution in [1.82, 2.24) is 10.2 Å². The van der Waals surface area contributed by atoms with Crippen molar-refractivity contribution in [2.75, 3.05) is 17.7 Å². The zero-order valence-electron chi connectivity index (χ0n) is 15.4. The van der Waals surface area contributed by atoms with Crippen LogP contribution in [0.25, 0.3) is 0 Å². The van der Waals surface area contributed by atoms with Crippen LogP contribution >= 0.6 is 23.1 Å². The molecule has 27 heavy (non-hydrogen) atoms. The molecule has 2 rings (SSSR count). The van der Waals surface area contributed by atoms with Crippen molar-refractivity contribution in [3.63, 3.8) is 0 Å². The molecule has 1 N–H and O–H groups in total. The highest BCUT2D eigenvalue weighted by molar-refractivity contribution is 8.01. The lowest BCUT2D eigenvalue weighted by molar-refractivity contribution is -0.139. The summed E-state index contributed by atoms with van der Waals surface area (Å²) in [6, 6.07) is 5.69. The molecule has 1 aromatic carbocycles. The Kier molecular flexibility index (Phi) is 7.93. The maximum absolute atomic E-state index is 12.3. The number of amides is 1. The van der Waals surface area contributed by atoms with Crippen LogP contribution in [-0.2, 0) is 14.3 Å². The first-order valence-corrected chi connectivity index (χ1v) is 10.2. The summed E-state index contributed by atoms with van der Waals surface area (Å²) in [5.74, 6) is -0.546. The number of nitrogens with one attached hydrogen (secondary N) is 1. The van der Waals surface area contributed by atoms with E-state index in [2.05, 4.69) is 15.5 Å². The van der Waals surface area contributed by atoms with Gasteiger partial charge >= 0.3 is 5.97 Å². The monoisotopic (exact) mass is 407 g/mol. The molecule has 0 aliphatic carbocycles. The second-order valence-electron chi connectivity index (χ2n) is 5.76. The summed E-state index contributed by atoms with van der Waals surface area (Å²) < 4.78 is 5.40. The van der Waals surface area contributed by atoms with Gasteiger partial charge in [0, 0.05) is 18.4 Å². The molecule has 0 spiro atoms. The van der Waals surface area contributed by atoms with Crippen molar-refractivity contribution in [2.24, 2.45) is 0 Å². The van der Waals surface area contributed by atoms with Gasteiger partial charge in [0.15, 0.2) is 10.1 Å². The van der Waals surface area contributed by atoms with E-state index in [1.54, 1.807) is 6.92 Å². The van der Waals surface area contributed by atoms with Gasteiger partial charge in [-0.1, -0.05) is 40.8 Å². The Bertz CT molecular complexity index is 836. The fraction of sp³-hybridized carbons (Fsp3) is 0.389. The summed E-state index contributed by atoms with van der Waals surface area (Å²) in [5, 5.41) is 10.7. The standard InChI is InChI=1S/C18H21N3O4S2/c1-4-25-16(24)10-26-18-21-20-17(27-18)19-15(23)8-7-14(22)13-9-11(2)5-6-12(13)3/h5-6,9H,4,7-8,10H2,1-3H3,(H,19,20,23). The van der Waals surface area contributed by atoms with Crippen LogP contribution in [0.15, 0.2) is 22.5 Å². The fourth-order valence-corrected chi connectivity index (χ4v) is 3.79. The molecule has 0 fully saturated rings. The number of ether oxygens (including phenoxy) is 1. The van der Waals surface area contributed by atoms with Gasteiger partial charge in [0.2, 0.25) is 11.0 Å². The van der Waals surface area contributed by atoms with Crippen LogP contribution in [0, 0.1) is 13.8 Å². The smallest absolute Gasteiger partial charge is 0.316 e. The number of nitrogens with zero attached hydrogens (tertiary/aromatic N) is 2. The minimum Gasteiger partial charge on any atom is -0.465 e. The first kappa shape index (κ1) is 21.0. The summed E-state index contributed by atoms with van der Waals surface area (Å²) in [5.41, 5.74) is 2.56. The molecule has 0 unspecified atom stereocenters. The van der Waals surface area contributed by atoms with Crippen molar-refractivity contribution < 1.29 is 19.1 Å². The average molecular weight is 408 g/mol. The molecule has 1 aromatic heterocycles. The summed E-state index contributed by atoms with van der Waals surface area (Å²) >= 11 is 2.37. The summed E-state index contributed by atoms with van der Waals surface area (Å²) in [6.45, 7) is 5.88. The van der Waals surface area contributed by atoms with Crippen molar-refractivity contribution in [1.29, 1.82) is 0 Å². The molecule has 0 atom stereocenters. The van der Waals surface area contributed by atoms with Gasteiger partial charge in [0.25, 0.3) is 0 Å². The van der Waals surface area contributed by atoms with Crippen LogP contribution in [0.4, 0.5) is 5.13 Å². The van der Waals surface area contributed by atoms with Crippen molar-refractivity contribution in [2.45, 2.75) is 38.0 Å². The number of hydrogen-bond acceptors (Lipinski definition) is 8. The normalized spacial score (nSPS) is 10.5. The highest BCUT2D eigenvalue weighted by atomic mass is 32.2. The molecule has 144 valence electrons. The Morgan fingerprint density at radius 3 is 2.70 bits per heavy atom. The number of esters is 1. The number of benzene rings is 1. The molecule has 0 radical (unpaired) electrons. The lowest BCUT2D eigenvalue weighted by Crippen LogP contribution is -2.13. The average Bonchev–Trinajstić information content (AvgIpc) is 3.07. The van der Waals surface area contributed by atoms with E-state index >= 15 is 0 Å². The molecule has 7 nitrogen and oxygen atoms in total. The Balaban J connectivity index is 1.81. The maximum atomic E-state index is 12.3. The number of aromatic nitrogens is 2. The summed E-state index contributed by atoms with van der Waals surface area (Å²) in [7, 11) is 0. The summed E-state index contributed by atoms with van der Waals surface area (Å²) in [6.07, 6.45) is 0.191. The SMILES string of the molecule is CCOC(=O)CSc1nnc(NC(=O)CCC(=O)c2cc(C)ccc2C)s1. The number of thioether (sulfide) groups is 1. The molecular formula is C18H21N3O4S2. The Morgan fingerprint density at radius 2 is 1.96 bits per heavy atom. The van der Waals surface area contributed by atoms with E-state index in [9.17, 15) is 14.4 Å². The Morgan fingerprint density at radius 1 is 1.19 bits per heavy atom. The van der Waals surface area contributed by atoms with Crippen LogP contribution in [0.1, 0.15) is 41.3 Å². The molecule has 0 bridgehead atoms. The fourth-order valence-electron chi connectivity index (χ4n) is 2.22. The van der Waals surface area contributed by atoms with Gasteiger partial charge in [-0.15, -0.1) is 10.2 Å². The van der Waals surface area contributed by atoms with Crippen molar-refractivity contribution in [3.8, 4) is 0 Å². The number of Topliss-reactive ketones (excluding diaryl/α,β-unsaturated/α-hetero) is 1. The number of ketones is 1. The summed E-state index contributed by atoms with van der Waals surface area (Å²) in [4.78, 5) is 35.7. The number of aryl methyl sites for hydroxylation is 2. The van der Waals surface area contributed by atoms with E-state index < -0.39 is 0 Å². The number of carbonyl (C=O) groups is 3. The molecular weight excluding hydrogens is 386 g/mol. The zero-order chi connectivity index (χ0) is 19.8. The van der Waals surface area contributed by atoms with Gasteiger partial charge in [-0.2, -0.15) is 0 Å². The van der Waals surface area contributed by atoms with E-state index in [1.807, 2.05) is 32.0 Å². The number of hydrogen-bond donors (Lipinski definition) is 1. The molecule has 0 saturated heterocycles. The Labute approximate surface area is 165 Å². The quantitative estimate of drug-likeness (QED) is 0.294. The van der Waals surface area contributed by atoms with Gasteiger partial charge in [-0.25, -0.2) is 0 Å². The zero-order valence-corrected chi connectivity index (χ0v) is 17.0. The minimum absolute atomic E-state index is 0.0608. The second-order valence-corrected chi connectivity index (χ2v) is 7.96. The second kappa shape index (κ2) is 10.2. The van der Waals surface area contributed by atoms with Crippen LogP contribution in [0.3, 0.4) is 0 Å². The van der Waals surface area contributed by atoms with Crippen molar-refractivity contribution in [3.05, 3.63) is 34.9 Å². The van der Waals surface area contributed by atoms with E-state index in [1.165, 1.54) is 23.1 Å². The highest BCUT2D eigenvalue weighted by Gasteiger charge is 2.14. The van der Waals surface area contributed by atoms with Gasteiger partial charge in [0.05, 0.1) is 12.4 Å². The number of anilines is 1. The first-order valence-electron chi connectivity index (χ1n) is 8.41. The van der Waals surface area contributed by atoms with Gasteiger partial charge in [-0.3, -0.25) is 14.4 Å². The Hall–Kier alpha value is -2.26. The maximum Gasteiger partial charge on any atom is 0.316 e. The predicted octanol–water partition coefficient (Wildman–Crippen LogP) is 3.41. The molecule has 0 aliphatic rings. The molecule has 2 aromatic rings. The van der Waals surface area contributed by atoms with E-state index in [0.29, 0.717) is 21.6 Å². The molecule has 1 heterocycles. The van der Waals surface area contributed by atoms with Gasteiger partial charge in [-0.05, 0) is 32.4 Å². The third-order valence-electron chi connectivity index (χ3n) is 3.54. The van der Waals surface area contributed by atoms with E-state index in [0.717, 1.165) is 11.1 Å². The predicted molar refractivity (Wildman–Crippen MR) is 105 cm³/mol. The van der Waals surface area contributed by atoms with Crippen LogP contribution in [0.5, 0.6) is 0 Å². The van der Waals surface area contributed by atoms with Crippen LogP contribution in [-0.4, -0.2) is 40.2 Å². The number of carbonyl (C=O) groups excluding carboxylic acids is 3. The van der Waals surface area contributed by atoms with Gasteiger partial charge < -0.3 is 10.1 Å². The van der Waals surface area contributed by atoms with Crippen molar-refractivity contribution >= 4 is 45.9 Å². The van der Waals surface area contributed by atoms with Crippen LogP contribution < -0.4 is 5.32 Å². The molecule has 1 amide bonds. The first-order chi connectivity index (χ1) is 12.9. The lowest BCUT2D eigenvalue weighted by Gasteiger charge is -2.06. The molecule has 9 heteroatoms. The third-order valence-corrected chi connectivity index (χ3v) is 5.49. The molecule has 0 aliphatic heterocycles. The highest BCUT2D eigenvalue weighted by Crippen LogP contribution is 2.25. The van der Waals surface area contributed by atoms with Gasteiger partial charge in [0.1, 0.15) is 0 Å². The molecule has 0 saturated carbocycles. The third kappa shape index (κ3) is 6.76. The largest absolute Gasteiger partial charge is 0.465 e. The minimum atomic E-state index is -0.326. The topological polar surface area (TPSA) is 98.2 Å². The lowest BCUT2D eigenvalue weighted by atomic mass is 9.99.